The Morgan fingerprint density at radius 2 is 2.00 bits per heavy atom. The number of aliphatic hydroxyl groups is 1. The van der Waals surface area contributed by atoms with Gasteiger partial charge in [0.05, 0.1) is 14.1 Å². The van der Waals surface area contributed by atoms with Gasteiger partial charge in [0, 0.05) is 0 Å². The predicted molar refractivity (Wildman–Crippen MR) is 60.4 cm³/mol. The Morgan fingerprint density at radius 3 is 2.60 bits per heavy atom. The molecule has 1 atom stereocenters. The molecule has 0 saturated heterocycles. The lowest BCUT2D eigenvalue weighted by molar-refractivity contribution is -0.861. The summed E-state index contributed by atoms with van der Waals surface area (Å²) in [6, 6.07) is 7.83. The van der Waals surface area contributed by atoms with Crippen LogP contribution in [0.5, 0.6) is 5.75 Å². The van der Waals surface area contributed by atoms with E-state index in [0.717, 1.165) is 11.3 Å². The zero-order valence-corrected chi connectivity index (χ0v) is 9.66. The molecule has 0 aromatic heterocycles. The van der Waals surface area contributed by atoms with Gasteiger partial charge in [0.2, 0.25) is 0 Å². The van der Waals surface area contributed by atoms with Crippen LogP contribution in [0.4, 0.5) is 0 Å². The van der Waals surface area contributed by atoms with E-state index in [-0.39, 0.29) is 0 Å². The minimum absolute atomic E-state index is 0.357. The van der Waals surface area contributed by atoms with Crippen LogP contribution in [0.25, 0.3) is 0 Å². The zero-order valence-electron chi connectivity index (χ0n) is 9.66. The van der Waals surface area contributed by atoms with Crippen LogP contribution in [0.1, 0.15) is 5.56 Å². The molecule has 0 bridgehead atoms. The van der Waals surface area contributed by atoms with Crippen molar-refractivity contribution < 1.29 is 14.7 Å². The summed E-state index contributed by atoms with van der Waals surface area (Å²) >= 11 is 0. The molecule has 0 fully saturated rings. The lowest BCUT2D eigenvalue weighted by Gasteiger charge is -2.15. The Balaban J connectivity index is 2.40. The van der Waals surface area contributed by atoms with Crippen molar-refractivity contribution in [1.82, 2.24) is 0 Å². The van der Waals surface area contributed by atoms with E-state index < -0.39 is 6.10 Å². The van der Waals surface area contributed by atoms with Crippen molar-refractivity contribution in [2.24, 2.45) is 0 Å². The van der Waals surface area contributed by atoms with E-state index >= 15 is 0 Å². The van der Waals surface area contributed by atoms with Gasteiger partial charge in [-0.05, 0) is 18.6 Å². The van der Waals surface area contributed by atoms with E-state index in [9.17, 15) is 5.11 Å². The zero-order chi connectivity index (χ0) is 11.3. The molecule has 3 heteroatoms. The molecule has 1 aromatic rings. The molecule has 0 aliphatic heterocycles. The van der Waals surface area contributed by atoms with E-state index in [0.29, 0.717) is 13.2 Å². The van der Waals surface area contributed by atoms with Gasteiger partial charge in [-0.3, -0.25) is 0 Å². The maximum Gasteiger partial charge on any atom is 0.137 e. The first kappa shape index (κ1) is 12.0. The smallest absolute Gasteiger partial charge is 0.137 e. The molecule has 1 rings (SSSR count). The first-order valence-electron chi connectivity index (χ1n) is 5.25. The molecule has 0 amide bonds. The van der Waals surface area contributed by atoms with Gasteiger partial charge in [0.15, 0.2) is 0 Å². The Hall–Kier alpha value is -1.06. The van der Waals surface area contributed by atoms with Gasteiger partial charge in [0.1, 0.15) is 25.0 Å². The number of benzene rings is 1. The monoisotopic (exact) mass is 210 g/mol. The average molecular weight is 210 g/mol. The van der Waals surface area contributed by atoms with Crippen LogP contribution >= 0.6 is 0 Å². The number of hydrogen-bond donors (Lipinski definition) is 2. The topological polar surface area (TPSA) is 33.9 Å². The number of quaternary nitrogens is 1. The Kier molecular flexibility index (Phi) is 4.59. The fourth-order valence-electron chi connectivity index (χ4n) is 1.43. The summed E-state index contributed by atoms with van der Waals surface area (Å²) in [5.74, 6) is 0.852. The summed E-state index contributed by atoms with van der Waals surface area (Å²) in [7, 11) is 4.02. The summed E-state index contributed by atoms with van der Waals surface area (Å²) in [4.78, 5) is 1.22. The van der Waals surface area contributed by atoms with Crippen LogP contribution in [0.15, 0.2) is 24.3 Å². The average Bonchev–Trinajstić information content (AvgIpc) is 2.15. The van der Waals surface area contributed by atoms with Crippen molar-refractivity contribution >= 4 is 0 Å². The Labute approximate surface area is 91.3 Å². The van der Waals surface area contributed by atoms with Crippen molar-refractivity contribution in [3.05, 3.63) is 29.8 Å². The summed E-state index contributed by atoms with van der Waals surface area (Å²) in [6.07, 6.45) is -0.408. The highest BCUT2D eigenvalue weighted by molar-refractivity contribution is 5.31. The van der Waals surface area contributed by atoms with E-state index in [4.69, 9.17) is 4.74 Å². The normalized spacial score (nSPS) is 12.9. The van der Waals surface area contributed by atoms with Crippen molar-refractivity contribution in [1.29, 1.82) is 0 Å². The molecule has 0 saturated carbocycles. The standard InChI is InChI=1S/C12H19NO2/c1-10-6-4-5-7-12(10)15-9-11(14)8-13(2)3/h4-7,11,14H,8-9H2,1-3H3/p+1/t11-/m1/s1. The minimum atomic E-state index is -0.408. The third-order valence-electron chi connectivity index (χ3n) is 2.17. The maximum absolute atomic E-state index is 9.63. The molecule has 2 N–H and O–H groups in total. The van der Waals surface area contributed by atoms with Crippen LogP contribution < -0.4 is 9.64 Å². The van der Waals surface area contributed by atoms with Gasteiger partial charge >= 0.3 is 0 Å². The highest BCUT2D eigenvalue weighted by Crippen LogP contribution is 2.15. The first-order chi connectivity index (χ1) is 7.09. The molecule has 0 spiro atoms. The van der Waals surface area contributed by atoms with Crippen molar-refractivity contribution in [3.63, 3.8) is 0 Å². The fourth-order valence-corrected chi connectivity index (χ4v) is 1.43. The number of likely N-dealkylation sites (N-methyl/N-ethyl adjacent to an activating group) is 1. The van der Waals surface area contributed by atoms with Crippen LogP contribution in [0.3, 0.4) is 0 Å². The van der Waals surface area contributed by atoms with E-state index in [1.165, 1.54) is 4.90 Å². The molecule has 0 unspecified atom stereocenters. The largest absolute Gasteiger partial charge is 0.490 e. The van der Waals surface area contributed by atoms with Gasteiger partial charge < -0.3 is 14.7 Å². The van der Waals surface area contributed by atoms with Crippen LogP contribution in [-0.2, 0) is 0 Å². The molecule has 0 radical (unpaired) electrons. The number of nitrogens with one attached hydrogen (secondary N) is 1. The molecule has 0 aliphatic carbocycles. The number of ether oxygens (including phenoxy) is 1. The Morgan fingerprint density at radius 1 is 1.33 bits per heavy atom. The third kappa shape index (κ3) is 4.32. The van der Waals surface area contributed by atoms with E-state index in [2.05, 4.69) is 0 Å². The second kappa shape index (κ2) is 5.73. The van der Waals surface area contributed by atoms with E-state index in [1.807, 2.05) is 45.3 Å². The number of rotatable bonds is 5. The lowest BCUT2D eigenvalue weighted by atomic mass is 10.2. The van der Waals surface area contributed by atoms with Crippen molar-refractivity contribution in [2.75, 3.05) is 27.2 Å². The fraction of sp³-hybridized carbons (Fsp3) is 0.500. The molecule has 15 heavy (non-hydrogen) atoms. The number of para-hydroxylation sites is 1. The highest BCUT2D eigenvalue weighted by Gasteiger charge is 2.09. The molecule has 84 valence electrons. The minimum Gasteiger partial charge on any atom is -0.490 e. The van der Waals surface area contributed by atoms with Gasteiger partial charge in [0.25, 0.3) is 0 Å². The predicted octanol–water partition coefficient (Wildman–Crippen LogP) is -0.121. The lowest BCUT2D eigenvalue weighted by Crippen LogP contribution is -3.07. The number of aliphatic hydroxyl groups excluding tert-OH is 1. The molecule has 1 aromatic carbocycles. The molecular formula is C12H20NO2+. The molecule has 3 nitrogen and oxygen atoms in total. The second-order valence-corrected chi connectivity index (χ2v) is 4.14. The first-order valence-corrected chi connectivity index (χ1v) is 5.25. The van der Waals surface area contributed by atoms with Crippen molar-refractivity contribution in [3.8, 4) is 5.75 Å². The quantitative estimate of drug-likeness (QED) is 0.710. The Bertz CT molecular complexity index is 299. The van der Waals surface area contributed by atoms with Crippen LogP contribution in [0, 0.1) is 6.92 Å². The SMILES string of the molecule is Cc1ccccc1OC[C@H](O)C[NH+](C)C. The molecular weight excluding hydrogens is 190 g/mol. The van der Waals surface area contributed by atoms with Gasteiger partial charge in [-0.2, -0.15) is 0 Å². The second-order valence-electron chi connectivity index (χ2n) is 4.14. The molecule has 0 heterocycles. The van der Waals surface area contributed by atoms with Crippen LogP contribution in [-0.4, -0.2) is 38.5 Å². The molecule has 0 aliphatic rings. The number of hydrogen-bond acceptors (Lipinski definition) is 2. The summed E-state index contributed by atoms with van der Waals surface area (Å²) in [5, 5.41) is 9.63. The maximum atomic E-state index is 9.63. The summed E-state index contributed by atoms with van der Waals surface area (Å²) < 4.78 is 5.54. The van der Waals surface area contributed by atoms with Gasteiger partial charge in [-0.1, -0.05) is 18.2 Å². The highest BCUT2D eigenvalue weighted by atomic mass is 16.5. The van der Waals surface area contributed by atoms with Gasteiger partial charge in [-0.15, -0.1) is 0 Å². The summed E-state index contributed by atoms with van der Waals surface area (Å²) in [5.41, 5.74) is 1.10. The third-order valence-corrected chi connectivity index (χ3v) is 2.17. The summed E-state index contributed by atoms with van der Waals surface area (Å²) in [6.45, 7) is 3.06. The number of aryl methyl sites for hydroxylation is 1. The van der Waals surface area contributed by atoms with E-state index in [1.54, 1.807) is 0 Å². The van der Waals surface area contributed by atoms with Gasteiger partial charge in [-0.25, -0.2) is 0 Å². The van der Waals surface area contributed by atoms with Crippen molar-refractivity contribution in [2.45, 2.75) is 13.0 Å². The van der Waals surface area contributed by atoms with Crippen LogP contribution in [0.2, 0.25) is 0 Å².